The zero-order chi connectivity index (χ0) is 9.10. The molecule has 0 aliphatic rings. The SMILES string of the molecule is O=c1cccnn1Cc1ccon1. The van der Waals surface area contributed by atoms with Gasteiger partial charge >= 0.3 is 0 Å². The number of nitrogens with zero attached hydrogens (tertiary/aromatic N) is 3. The Balaban J connectivity index is 2.29. The Kier molecular flexibility index (Phi) is 1.91. The molecule has 0 aliphatic heterocycles. The van der Waals surface area contributed by atoms with Crippen molar-refractivity contribution in [3.05, 3.63) is 46.7 Å². The zero-order valence-electron chi connectivity index (χ0n) is 6.75. The van der Waals surface area contributed by atoms with Crippen LogP contribution in [-0.4, -0.2) is 14.9 Å². The maximum absolute atomic E-state index is 11.2. The molecule has 0 N–H and O–H groups in total. The van der Waals surface area contributed by atoms with Crippen LogP contribution in [-0.2, 0) is 6.54 Å². The molecule has 0 atom stereocenters. The van der Waals surface area contributed by atoms with Crippen molar-refractivity contribution in [3.8, 4) is 0 Å². The first-order chi connectivity index (χ1) is 6.36. The molecule has 0 saturated carbocycles. The van der Waals surface area contributed by atoms with Crippen LogP contribution in [0.5, 0.6) is 0 Å². The molecule has 5 heteroatoms. The van der Waals surface area contributed by atoms with Crippen molar-refractivity contribution in [2.24, 2.45) is 0 Å². The molecule has 0 aromatic carbocycles. The molecule has 0 saturated heterocycles. The third kappa shape index (κ3) is 1.64. The maximum atomic E-state index is 11.2. The van der Waals surface area contributed by atoms with Crippen molar-refractivity contribution in [2.45, 2.75) is 6.54 Å². The minimum atomic E-state index is -0.148. The van der Waals surface area contributed by atoms with E-state index in [1.807, 2.05) is 0 Å². The lowest BCUT2D eigenvalue weighted by atomic mass is 10.4. The molecule has 0 amide bonds. The first-order valence-corrected chi connectivity index (χ1v) is 3.77. The summed E-state index contributed by atoms with van der Waals surface area (Å²) >= 11 is 0. The predicted octanol–water partition coefficient (Wildman–Crippen LogP) is 0.280. The van der Waals surface area contributed by atoms with Gasteiger partial charge in [-0.3, -0.25) is 4.79 Å². The lowest BCUT2D eigenvalue weighted by molar-refractivity contribution is 0.407. The summed E-state index contributed by atoms with van der Waals surface area (Å²) in [7, 11) is 0. The van der Waals surface area contributed by atoms with Crippen LogP contribution in [0.25, 0.3) is 0 Å². The highest BCUT2D eigenvalue weighted by Gasteiger charge is 1.99. The number of hydrogen-bond acceptors (Lipinski definition) is 4. The van der Waals surface area contributed by atoms with Crippen LogP contribution in [0.2, 0.25) is 0 Å². The summed E-state index contributed by atoms with van der Waals surface area (Å²) in [4.78, 5) is 11.2. The highest BCUT2D eigenvalue weighted by molar-refractivity contribution is 4.96. The second-order valence-corrected chi connectivity index (χ2v) is 2.51. The molecule has 0 fully saturated rings. The lowest BCUT2D eigenvalue weighted by Gasteiger charge is -1.98. The van der Waals surface area contributed by atoms with E-state index in [2.05, 4.69) is 14.8 Å². The fourth-order valence-electron chi connectivity index (χ4n) is 0.979. The molecule has 13 heavy (non-hydrogen) atoms. The second kappa shape index (κ2) is 3.22. The minimum Gasteiger partial charge on any atom is -0.364 e. The highest BCUT2D eigenvalue weighted by atomic mass is 16.5. The van der Waals surface area contributed by atoms with Gasteiger partial charge in [0.25, 0.3) is 5.56 Å². The Morgan fingerprint density at radius 3 is 3.08 bits per heavy atom. The molecule has 5 nitrogen and oxygen atoms in total. The Morgan fingerprint density at radius 2 is 2.38 bits per heavy atom. The monoisotopic (exact) mass is 177 g/mol. The summed E-state index contributed by atoms with van der Waals surface area (Å²) in [5.74, 6) is 0. The van der Waals surface area contributed by atoms with Gasteiger partial charge < -0.3 is 4.52 Å². The van der Waals surface area contributed by atoms with Crippen LogP contribution >= 0.6 is 0 Å². The maximum Gasteiger partial charge on any atom is 0.267 e. The van der Waals surface area contributed by atoms with Gasteiger partial charge in [-0.2, -0.15) is 5.10 Å². The fourth-order valence-corrected chi connectivity index (χ4v) is 0.979. The predicted molar refractivity (Wildman–Crippen MR) is 44.1 cm³/mol. The summed E-state index contributed by atoms with van der Waals surface area (Å²) in [6, 6.07) is 4.75. The normalized spacial score (nSPS) is 10.2. The highest BCUT2D eigenvalue weighted by Crippen LogP contribution is 1.94. The van der Waals surface area contributed by atoms with E-state index in [4.69, 9.17) is 0 Å². The van der Waals surface area contributed by atoms with Crippen molar-refractivity contribution < 1.29 is 4.52 Å². The Hall–Kier alpha value is -1.91. The molecule has 2 heterocycles. The standard InChI is InChI=1S/C8H7N3O2/c12-8-2-1-4-9-11(8)6-7-3-5-13-10-7/h1-5H,6H2. The van der Waals surface area contributed by atoms with Gasteiger partial charge in [0.2, 0.25) is 0 Å². The summed E-state index contributed by atoms with van der Waals surface area (Å²) in [6.07, 6.45) is 3.02. The largest absolute Gasteiger partial charge is 0.364 e. The van der Waals surface area contributed by atoms with Crippen molar-refractivity contribution in [3.63, 3.8) is 0 Å². The van der Waals surface area contributed by atoms with Crippen LogP contribution in [0.1, 0.15) is 5.69 Å². The van der Waals surface area contributed by atoms with Gasteiger partial charge in [0.15, 0.2) is 0 Å². The van der Waals surface area contributed by atoms with E-state index >= 15 is 0 Å². The van der Waals surface area contributed by atoms with E-state index in [1.54, 1.807) is 18.3 Å². The van der Waals surface area contributed by atoms with Gasteiger partial charge in [0.05, 0.1) is 6.54 Å². The van der Waals surface area contributed by atoms with Crippen molar-refractivity contribution in [1.82, 2.24) is 14.9 Å². The van der Waals surface area contributed by atoms with Crippen LogP contribution in [0.3, 0.4) is 0 Å². The van der Waals surface area contributed by atoms with E-state index in [9.17, 15) is 4.79 Å². The number of aromatic nitrogens is 3. The quantitative estimate of drug-likeness (QED) is 0.661. The topological polar surface area (TPSA) is 60.9 Å². The van der Waals surface area contributed by atoms with E-state index in [0.717, 1.165) is 0 Å². The van der Waals surface area contributed by atoms with Gasteiger partial charge in [-0.25, -0.2) is 4.68 Å². The Bertz CT molecular complexity index is 433. The van der Waals surface area contributed by atoms with Gasteiger partial charge in [0.1, 0.15) is 12.0 Å². The van der Waals surface area contributed by atoms with Gasteiger partial charge in [-0.1, -0.05) is 5.16 Å². The summed E-state index contributed by atoms with van der Waals surface area (Å²) in [5.41, 5.74) is 0.534. The first-order valence-electron chi connectivity index (χ1n) is 3.77. The molecule has 2 aromatic heterocycles. The van der Waals surface area contributed by atoms with Crippen LogP contribution < -0.4 is 5.56 Å². The summed E-state index contributed by atoms with van der Waals surface area (Å²) in [6.45, 7) is 0.343. The molecule has 0 unspecified atom stereocenters. The van der Waals surface area contributed by atoms with Crippen molar-refractivity contribution >= 4 is 0 Å². The van der Waals surface area contributed by atoms with E-state index in [1.165, 1.54) is 17.0 Å². The van der Waals surface area contributed by atoms with Crippen molar-refractivity contribution in [2.75, 3.05) is 0 Å². The van der Waals surface area contributed by atoms with Crippen LogP contribution in [0.15, 0.2) is 40.0 Å². The molecule has 0 radical (unpaired) electrons. The molecule has 2 rings (SSSR count). The minimum absolute atomic E-state index is 0.148. The molecule has 0 spiro atoms. The summed E-state index contributed by atoms with van der Waals surface area (Å²) < 4.78 is 5.95. The Labute approximate surface area is 73.6 Å². The average Bonchev–Trinajstić information content (AvgIpc) is 2.61. The average molecular weight is 177 g/mol. The third-order valence-electron chi connectivity index (χ3n) is 1.59. The van der Waals surface area contributed by atoms with Gasteiger partial charge in [-0.05, 0) is 6.07 Å². The molecule has 2 aromatic rings. The molecule has 66 valence electrons. The molecular formula is C8H7N3O2. The van der Waals surface area contributed by atoms with E-state index in [0.29, 0.717) is 12.2 Å². The second-order valence-electron chi connectivity index (χ2n) is 2.51. The Morgan fingerprint density at radius 1 is 1.46 bits per heavy atom. The lowest BCUT2D eigenvalue weighted by Crippen LogP contribution is -2.21. The molecule has 0 aliphatic carbocycles. The smallest absolute Gasteiger partial charge is 0.267 e. The molecular weight excluding hydrogens is 170 g/mol. The van der Waals surface area contributed by atoms with Crippen molar-refractivity contribution in [1.29, 1.82) is 0 Å². The first kappa shape index (κ1) is 7.72. The summed E-state index contributed by atoms with van der Waals surface area (Å²) in [5, 5.41) is 7.55. The van der Waals surface area contributed by atoms with E-state index in [-0.39, 0.29) is 5.56 Å². The van der Waals surface area contributed by atoms with E-state index < -0.39 is 0 Å². The third-order valence-corrected chi connectivity index (χ3v) is 1.59. The number of hydrogen-bond donors (Lipinski definition) is 0. The van der Waals surface area contributed by atoms with Gasteiger partial charge in [0, 0.05) is 18.3 Å². The van der Waals surface area contributed by atoms with Gasteiger partial charge in [-0.15, -0.1) is 0 Å². The number of rotatable bonds is 2. The fraction of sp³-hybridized carbons (Fsp3) is 0.125. The molecule has 0 bridgehead atoms. The zero-order valence-corrected chi connectivity index (χ0v) is 6.75. The van der Waals surface area contributed by atoms with Crippen LogP contribution in [0, 0.1) is 0 Å². The van der Waals surface area contributed by atoms with Crippen LogP contribution in [0.4, 0.5) is 0 Å².